The maximum Gasteiger partial charge on any atom is 0.313 e. The summed E-state index contributed by atoms with van der Waals surface area (Å²) >= 11 is 0. The van der Waals surface area contributed by atoms with Gasteiger partial charge in [-0.3, -0.25) is 14.4 Å². The second-order valence-corrected chi connectivity index (χ2v) is 9.13. The van der Waals surface area contributed by atoms with Crippen molar-refractivity contribution in [3.8, 4) is 11.5 Å². The molecule has 1 saturated heterocycles. The normalized spacial score (nSPS) is 17.9. The summed E-state index contributed by atoms with van der Waals surface area (Å²) < 4.78 is 16.7. The van der Waals surface area contributed by atoms with Gasteiger partial charge in [0.2, 0.25) is 5.91 Å². The van der Waals surface area contributed by atoms with Crippen LogP contribution in [0.25, 0.3) is 0 Å². The highest BCUT2D eigenvalue weighted by Gasteiger charge is 2.46. The number of carbonyl (C=O) groups is 3. The zero-order chi connectivity index (χ0) is 24.7. The second-order valence-electron chi connectivity index (χ2n) is 9.13. The number of morpholine rings is 1. The third-order valence-electron chi connectivity index (χ3n) is 6.60. The lowest BCUT2D eigenvalue weighted by Gasteiger charge is -2.32. The van der Waals surface area contributed by atoms with Crippen LogP contribution < -0.4 is 10.1 Å². The van der Waals surface area contributed by atoms with Crippen LogP contribution in [0.3, 0.4) is 0 Å². The number of hydrogen-bond acceptors (Lipinski definition) is 6. The largest absolute Gasteiger partial charge is 0.457 e. The molecule has 2 aromatic carbocycles. The highest BCUT2D eigenvalue weighted by Crippen LogP contribution is 2.43. The zero-order valence-corrected chi connectivity index (χ0v) is 20.0. The van der Waals surface area contributed by atoms with E-state index in [0.29, 0.717) is 50.6 Å². The van der Waals surface area contributed by atoms with Crippen LogP contribution in [0.4, 0.5) is 5.69 Å². The average molecular weight is 481 g/mol. The minimum Gasteiger partial charge on any atom is -0.457 e. The van der Waals surface area contributed by atoms with Crippen molar-refractivity contribution in [2.45, 2.75) is 45.1 Å². The third-order valence-corrected chi connectivity index (χ3v) is 6.60. The molecule has 1 heterocycles. The predicted molar refractivity (Wildman–Crippen MR) is 130 cm³/mol. The van der Waals surface area contributed by atoms with Crippen molar-refractivity contribution in [3.63, 3.8) is 0 Å². The minimum absolute atomic E-state index is 0.0536. The van der Waals surface area contributed by atoms with Gasteiger partial charge >= 0.3 is 5.97 Å². The van der Waals surface area contributed by atoms with Crippen LogP contribution in [-0.4, -0.2) is 55.1 Å². The fourth-order valence-corrected chi connectivity index (χ4v) is 4.53. The summed E-state index contributed by atoms with van der Waals surface area (Å²) in [4.78, 5) is 40.4. The average Bonchev–Trinajstić information content (AvgIpc) is 3.36. The topological polar surface area (TPSA) is 94.2 Å². The Bertz CT molecular complexity index is 1010. The Morgan fingerprint density at radius 3 is 2.26 bits per heavy atom. The highest BCUT2D eigenvalue weighted by molar-refractivity contribution is 5.96. The fourth-order valence-electron chi connectivity index (χ4n) is 4.53. The van der Waals surface area contributed by atoms with Gasteiger partial charge in [-0.25, -0.2) is 0 Å². The summed E-state index contributed by atoms with van der Waals surface area (Å²) in [6, 6.07) is 16.4. The van der Waals surface area contributed by atoms with E-state index in [1.54, 1.807) is 36.1 Å². The molecule has 1 atom stereocenters. The number of carbonyl (C=O) groups excluding carboxylic acids is 3. The lowest BCUT2D eigenvalue weighted by atomic mass is 9.82. The van der Waals surface area contributed by atoms with Crippen LogP contribution in [0.5, 0.6) is 11.5 Å². The van der Waals surface area contributed by atoms with E-state index >= 15 is 0 Å². The van der Waals surface area contributed by atoms with Crippen LogP contribution >= 0.6 is 0 Å². The van der Waals surface area contributed by atoms with Gasteiger partial charge in [-0.05, 0) is 56.2 Å². The molecule has 35 heavy (non-hydrogen) atoms. The van der Waals surface area contributed by atoms with Crippen molar-refractivity contribution < 1.29 is 28.6 Å². The molecule has 8 heteroatoms. The van der Waals surface area contributed by atoms with Gasteiger partial charge in [0.05, 0.1) is 18.6 Å². The standard InChI is InChI=1S/C27H32N2O6/c1-20(25(31)28-21-9-11-23(12-10-21)35-22-7-3-2-4-8-22)34-26(32)27(13-5-6-14-27)19-24(30)29-15-17-33-18-16-29/h2-4,7-12,20H,5-6,13-19H2,1H3,(H,28,31). The number of hydrogen-bond donors (Lipinski definition) is 1. The summed E-state index contributed by atoms with van der Waals surface area (Å²) in [6.45, 7) is 3.65. The summed E-state index contributed by atoms with van der Waals surface area (Å²) in [7, 11) is 0. The molecular formula is C27H32N2O6. The monoisotopic (exact) mass is 480 g/mol. The molecule has 1 N–H and O–H groups in total. The number of anilines is 1. The maximum atomic E-state index is 13.2. The van der Waals surface area contributed by atoms with Crippen molar-refractivity contribution in [1.82, 2.24) is 4.90 Å². The first-order chi connectivity index (χ1) is 16.9. The fraction of sp³-hybridized carbons (Fsp3) is 0.444. The van der Waals surface area contributed by atoms with E-state index in [2.05, 4.69) is 5.32 Å². The molecule has 1 aliphatic heterocycles. The first kappa shape index (κ1) is 24.7. The SMILES string of the molecule is CC(OC(=O)C1(CC(=O)N2CCOCC2)CCCC1)C(=O)Nc1ccc(Oc2ccccc2)cc1. The van der Waals surface area contributed by atoms with Crippen LogP contribution in [0, 0.1) is 5.41 Å². The molecular weight excluding hydrogens is 448 g/mol. The molecule has 2 fully saturated rings. The lowest BCUT2D eigenvalue weighted by molar-refractivity contribution is -0.166. The number of benzene rings is 2. The second kappa shape index (κ2) is 11.4. The summed E-state index contributed by atoms with van der Waals surface area (Å²) in [5, 5.41) is 2.77. The van der Waals surface area contributed by atoms with Gasteiger partial charge in [-0.15, -0.1) is 0 Å². The molecule has 186 valence electrons. The Morgan fingerprint density at radius 1 is 0.971 bits per heavy atom. The molecule has 4 rings (SSSR count). The number of amides is 2. The number of para-hydroxylation sites is 1. The van der Waals surface area contributed by atoms with Gasteiger partial charge in [0.25, 0.3) is 5.91 Å². The Hall–Kier alpha value is -3.39. The van der Waals surface area contributed by atoms with Gasteiger partial charge < -0.3 is 24.4 Å². The molecule has 2 amide bonds. The maximum absolute atomic E-state index is 13.2. The minimum atomic E-state index is -0.987. The van der Waals surface area contributed by atoms with E-state index in [1.165, 1.54) is 0 Å². The van der Waals surface area contributed by atoms with Crippen molar-refractivity contribution in [1.29, 1.82) is 0 Å². The molecule has 1 unspecified atom stereocenters. The van der Waals surface area contributed by atoms with Gasteiger partial charge in [-0.2, -0.15) is 0 Å². The van der Waals surface area contributed by atoms with E-state index in [1.807, 2.05) is 30.3 Å². The number of nitrogens with zero attached hydrogens (tertiary/aromatic N) is 1. The Balaban J connectivity index is 1.31. The van der Waals surface area contributed by atoms with Gasteiger partial charge in [-0.1, -0.05) is 31.0 Å². The van der Waals surface area contributed by atoms with Crippen LogP contribution in [-0.2, 0) is 23.9 Å². The molecule has 0 radical (unpaired) electrons. The van der Waals surface area contributed by atoms with Crippen LogP contribution in [0.15, 0.2) is 54.6 Å². The predicted octanol–water partition coefficient (Wildman–Crippen LogP) is 4.16. The zero-order valence-electron chi connectivity index (χ0n) is 20.0. The summed E-state index contributed by atoms with van der Waals surface area (Å²) in [5.41, 5.74) is -0.295. The quantitative estimate of drug-likeness (QED) is 0.571. The molecule has 8 nitrogen and oxygen atoms in total. The van der Waals surface area contributed by atoms with Gasteiger partial charge in [0.15, 0.2) is 6.10 Å². The number of esters is 1. The van der Waals surface area contributed by atoms with E-state index in [4.69, 9.17) is 14.2 Å². The molecule has 2 aliphatic rings. The first-order valence-corrected chi connectivity index (χ1v) is 12.2. The molecule has 1 saturated carbocycles. The van der Waals surface area contributed by atoms with Crippen molar-refractivity contribution in [2.24, 2.45) is 5.41 Å². The molecule has 0 bridgehead atoms. The lowest BCUT2D eigenvalue weighted by Crippen LogP contribution is -2.45. The van der Waals surface area contributed by atoms with E-state index in [-0.39, 0.29) is 12.3 Å². The Kier molecular flexibility index (Phi) is 8.02. The number of ether oxygens (including phenoxy) is 3. The van der Waals surface area contributed by atoms with Crippen molar-refractivity contribution >= 4 is 23.5 Å². The van der Waals surface area contributed by atoms with E-state index in [9.17, 15) is 14.4 Å². The van der Waals surface area contributed by atoms with E-state index < -0.39 is 23.4 Å². The van der Waals surface area contributed by atoms with Crippen LogP contribution in [0.2, 0.25) is 0 Å². The number of rotatable bonds is 8. The van der Waals surface area contributed by atoms with Gasteiger partial charge in [0, 0.05) is 25.2 Å². The summed E-state index contributed by atoms with van der Waals surface area (Å²) in [6.07, 6.45) is 2.05. The highest BCUT2D eigenvalue weighted by atomic mass is 16.5. The first-order valence-electron chi connectivity index (χ1n) is 12.2. The smallest absolute Gasteiger partial charge is 0.313 e. The molecule has 0 aromatic heterocycles. The van der Waals surface area contributed by atoms with E-state index in [0.717, 1.165) is 18.6 Å². The third kappa shape index (κ3) is 6.39. The molecule has 1 aliphatic carbocycles. The summed E-state index contributed by atoms with van der Waals surface area (Å²) in [5.74, 6) is 0.412. The Labute approximate surface area is 205 Å². The van der Waals surface area contributed by atoms with Crippen molar-refractivity contribution in [3.05, 3.63) is 54.6 Å². The van der Waals surface area contributed by atoms with Crippen molar-refractivity contribution in [2.75, 3.05) is 31.6 Å². The Morgan fingerprint density at radius 2 is 1.60 bits per heavy atom. The molecule has 0 spiro atoms. The number of nitrogens with one attached hydrogen (secondary N) is 1. The van der Waals surface area contributed by atoms with Gasteiger partial charge in [0.1, 0.15) is 11.5 Å². The molecule has 2 aromatic rings. The van der Waals surface area contributed by atoms with Crippen LogP contribution in [0.1, 0.15) is 39.0 Å².